The van der Waals surface area contributed by atoms with Gasteiger partial charge >= 0.3 is 0 Å². The van der Waals surface area contributed by atoms with Crippen LogP contribution in [0.15, 0.2) is 30.5 Å². The number of aromatic amines is 1. The Hall–Kier alpha value is -2.34. The lowest BCUT2D eigenvalue weighted by Crippen LogP contribution is -2.21. The number of benzene rings is 1. The molecule has 2 aromatic rings. The summed E-state index contributed by atoms with van der Waals surface area (Å²) in [7, 11) is 0. The summed E-state index contributed by atoms with van der Waals surface area (Å²) in [6.45, 7) is 2.15. The van der Waals surface area contributed by atoms with Gasteiger partial charge in [-0.25, -0.2) is 0 Å². The average Bonchev–Trinajstić information content (AvgIpc) is 2.82. The molecule has 100 valence electrons. The Morgan fingerprint density at radius 3 is 2.95 bits per heavy atom. The standard InChI is InChI=1S/C13H16N4O2/c1-9-7-15-17-13(9)16-12(18)8-19-11-5-3-2-4-10(11)6-14/h2-5,7H,6,8,14H2,1H3,(H2,15,16,17,18). The van der Waals surface area contributed by atoms with Crippen LogP contribution in [-0.2, 0) is 11.3 Å². The summed E-state index contributed by atoms with van der Waals surface area (Å²) < 4.78 is 5.45. The number of hydrogen-bond acceptors (Lipinski definition) is 4. The third-order valence-electron chi connectivity index (χ3n) is 2.64. The van der Waals surface area contributed by atoms with Gasteiger partial charge in [0.05, 0.1) is 6.20 Å². The number of aromatic nitrogens is 2. The predicted octanol–water partition coefficient (Wildman–Crippen LogP) is 1.19. The maximum absolute atomic E-state index is 11.7. The molecule has 6 heteroatoms. The van der Waals surface area contributed by atoms with Gasteiger partial charge in [-0.2, -0.15) is 5.10 Å². The zero-order valence-electron chi connectivity index (χ0n) is 10.6. The summed E-state index contributed by atoms with van der Waals surface area (Å²) in [6.07, 6.45) is 1.64. The van der Waals surface area contributed by atoms with Gasteiger partial charge in [0.15, 0.2) is 6.61 Å². The van der Waals surface area contributed by atoms with Crippen LogP contribution in [0.1, 0.15) is 11.1 Å². The summed E-state index contributed by atoms with van der Waals surface area (Å²) in [6, 6.07) is 7.37. The third kappa shape index (κ3) is 3.32. The molecule has 0 saturated heterocycles. The SMILES string of the molecule is Cc1cn[nH]c1NC(=O)COc1ccccc1CN. The fourth-order valence-electron chi connectivity index (χ4n) is 1.60. The number of carbonyl (C=O) groups excluding carboxylic acids is 1. The van der Waals surface area contributed by atoms with E-state index in [1.54, 1.807) is 12.3 Å². The van der Waals surface area contributed by atoms with Crippen LogP contribution in [0.25, 0.3) is 0 Å². The van der Waals surface area contributed by atoms with E-state index in [9.17, 15) is 4.79 Å². The number of para-hydroxylation sites is 1. The fourth-order valence-corrected chi connectivity index (χ4v) is 1.60. The molecule has 19 heavy (non-hydrogen) atoms. The number of nitrogens with two attached hydrogens (primary N) is 1. The highest BCUT2D eigenvalue weighted by Crippen LogP contribution is 2.17. The Labute approximate surface area is 111 Å². The predicted molar refractivity (Wildman–Crippen MR) is 71.8 cm³/mol. The number of rotatable bonds is 5. The van der Waals surface area contributed by atoms with Gasteiger partial charge in [0, 0.05) is 17.7 Å². The van der Waals surface area contributed by atoms with Crippen molar-refractivity contribution < 1.29 is 9.53 Å². The van der Waals surface area contributed by atoms with Gasteiger partial charge in [-0.15, -0.1) is 0 Å². The van der Waals surface area contributed by atoms with Crippen molar-refractivity contribution in [3.63, 3.8) is 0 Å². The molecule has 1 amide bonds. The van der Waals surface area contributed by atoms with E-state index in [1.165, 1.54) is 0 Å². The molecule has 4 N–H and O–H groups in total. The Morgan fingerprint density at radius 2 is 2.26 bits per heavy atom. The van der Waals surface area contributed by atoms with Crippen LogP contribution in [-0.4, -0.2) is 22.7 Å². The minimum absolute atomic E-state index is 0.0739. The molecule has 0 aliphatic rings. The molecule has 0 unspecified atom stereocenters. The quantitative estimate of drug-likeness (QED) is 0.753. The summed E-state index contributed by atoms with van der Waals surface area (Å²) in [5.41, 5.74) is 7.33. The summed E-state index contributed by atoms with van der Waals surface area (Å²) >= 11 is 0. The Balaban J connectivity index is 1.92. The van der Waals surface area contributed by atoms with Crippen LogP contribution < -0.4 is 15.8 Å². The normalized spacial score (nSPS) is 10.2. The van der Waals surface area contributed by atoms with E-state index in [-0.39, 0.29) is 12.5 Å². The first-order valence-electron chi connectivity index (χ1n) is 5.91. The van der Waals surface area contributed by atoms with Crippen molar-refractivity contribution in [2.75, 3.05) is 11.9 Å². The molecule has 1 heterocycles. The second kappa shape index (κ2) is 6.01. The largest absolute Gasteiger partial charge is 0.483 e. The lowest BCUT2D eigenvalue weighted by molar-refractivity contribution is -0.118. The third-order valence-corrected chi connectivity index (χ3v) is 2.64. The molecular weight excluding hydrogens is 244 g/mol. The van der Waals surface area contributed by atoms with E-state index in [4.69, 9.17) is 10.5 Å². The van der Waals surface area contributed by atoms with E-state index in [0.717, 1.165) is 11.1 Å². The lowest BCUT2D eigenvalue weighted by Gasteiger charge is -2.10. The highest BCUT2D eigenvalue weighted by atomic mass is 16.5. The van der Waals surface area contributed by atoms with Crippen molar-refractivity contribution in [3.05, 3.63) is 41.6 Å². The number of H-pyrrole nitrogens is 1. The molecule has 0 radical (unpaired) electrons. The smallest absolute Gasteiger partial charge is 0.263 e. The molecule has 0 aliphatic heterocycles. The maximum atomic E-state index is 11.7. The fraction of sp³-hybridized carbons (Fsp3) is 0.231. The molecule has 0 fully saturated rings. The molecule has 0 aliphatic carbocycles. The summed E-state index contributed by atoms with van der Waals surface area (Å²) in [4.78, 5) is 11.7. The second-order valence-corrected chi connectivity index (χ2v) is 4.08. The zero-order chi connectivity index (χ0) is 13.7. The van der Waals surface area contributed by atoms with Gasteiger partial charge < -0.3 is 15.8 Å². The summed E-state index contributed by atoms with van der Waals surface area (Å²) in [5, 5.41) is 9.21. The Morgan fingerprint density at radius 1 is 1.47 bits per heavy atom. The summed E-state index contributed by atoms with van der Waals surface area (Å²) in [5.74, 6) is 0.960. The van der Waals surface area contributed by atoms with Gasteiger partial charge in [-0.1, -0.05) is 18.2 Å². The van der Waals surface area contributed by atoms with Crippen LogP contribution in [0.4, 0.5) is 5.82 Å². The van der Waals surface area contributed by atoms with Crippen molar-refractivity contribution in [2.24, 2.45) is 5.73 Å². The van der Waals surface area contributed by atoms with Crippen LogP contribution in [0.2, 0.25) is 0 Å². The van der Waals surface area contributed by atoms with Gasteiger partial charge in [-0.05, 0) is 13.0 Å². The molecule has 0 atom stereocenters. The van der Waals surface area contributed by atoms with Crippen molar-refractivity contribution >= 4 is 11.7 Å². The molecule has 2 rings (SSSR count). The van der Waals surface area contributed by atoms with Crippen LogP contribution in [0, 0.1) is 6.92 Å². The minimum Gasteiger partial charge on any atom is -0.483 e. The van der Waals surface area contributed by atoms with Gasteiger partial charge in [-0.3, -0.25) is 9.89 Å². The minimum atomic E-state index is -0.251. The first-order valence-corrected chi connectivity index (χ1v) is 5.91. The second-order valence-electron chi connectivity index (χ2n) is 4.08. The number of carbonyl (C=O) groups is 1. The number of amides is 1. The zero-order valence-corrected chi connectivity index (χ0v) is 10.6. The van der Waals surface area contributed by atoms with Crippen molar-refractivity contribution in [3.8, 4) is 5.75 Å². The van der Waals surface area contributed by atoms with E-state index in [2.05, 4.69) is 15.5 Å². The topological polar surface area (TPSA) is 93.0 Å². The van der Waals surface area contributed by atoms with E-state index < -0.39 is 0 Å². The molecule has 1 aromatic heterocycles. The molecular formula is C13H16N4O2. The van der Waals surface area contributed by atoms with Gasteiger partial charge in [0.25, 0.3) is 5.91 Å². The van der Waals surface area contributed by atoms with E-state index in [0.29, 0.717) is 18.1 Å². The van der Waals surface area contributed by atoms with Crippen molar-refractivity contribution in [1.82, 2.24) is 10.2 Å². The highest BCUT2D eigenvalue weighted by Gasteiger charge is 2.08. The monoisotopic (exact) mass is 260 g/mol. The van der Waals surface area contributed by atoms with E-state index in [1.807, 2.05) is 25.1 Å². The van der Waals surface area contributed by atoms with Crippen LogP contribution >= 0.6 is 0 Å². The van der Waals surface area contributed by atoms with Crippen molar-refractivity contribution in [1.29, 1.82) is 0 Å². The van der Waals surface area contributed by atoms with Crippen molar-refractivity contribution in [2.45, 2.75) is 13.5 Å². The van der Waals surface area contributed by atoms with Crippen LogP contribution in [0.3, 0.4) is 0 Å². The maximum Gasteiger partial charge on any atom is 0.263 e. The number of nitrogens with zero attached hydrogens (tertiary/aromatic N) is 1. The van der Waals surface area contributed by atoms with Gasteiger partial charge in [0.2, 0.25) is 0 Å². The molecule has 0 bridgehead atoms. The van der Waals surface area contributed by atoms with Crippen LogP contribution in [0.5, 0.6) is 5.75 Å². The number of hydrogen-bond donors (Lipinski definition) is 3. The van der Waals surface area contributed by atoms with E-state index >= 15 is 0 Å². The number of anilines is 1. The molecule has 0 spiro atoms. The number of nitrogens with one attached hydrogen (secondary N) is 2. The Kier molecular flexibility index (Phi) is 4.15. The van der Waals surface area contributed by atoms with Gasteiger partial charge in [0.1, 0.15) is 11.6 Å². The highest BCUT2D eigenvalue weighted by molar-refractivity contribution is 5.91. The first-order chi connectivity index (χ1) is 9.20. The number of aryl methyl sites for hydroxylation is 1. The first kappa shape index (κ1) is 13.1. The molecule has 0 saturated carbocycles. The average molecular weight is 260 g/mol. The number of ether oxygens (including phenoxy) is 1. The Bertz CT molecular complexity index is 565. The molecule has 6 nitrogen and oxygen atoms in total. The lowest BCUT2D eigenvalue weighted by atomic mass is 10.2. The molecule has 1 aromatic carbocycles.